The van der Waals surface area contributed by atoms with Crippen LogP contribution in [0.25, 0.3) is 0 Å². The molecule has 0 atom stereocenters. The Kier molecular flexibility index (Phi) is 4.66. The second-order valence-corrected chi connectivity index (χ2v) is 6.43. The monoisotopic (exact) mass is 289 g/mol. The van der Waals surface area contributed by atoms with E-state index < -0.39 is 5.97 Å². The van der Waals surface area contributed by atoms with Crippen LogP contribution in [-0.4, -0.2) is 22.5 Å². The summed E-state index contributed by atoms with van der Waals surface area (Å²) in [7, 11) is 0. The highest BCUT2D eigenvalue weighted by atomic mass is 16.4. The molecule has 0 unspecified atom stereocenters. The van der Waals surface area contributed by atoms with Crippen LogP contribution in [0.2, 0.25) is 0 Å². The highest BCUT2D eigenvalue weighted by Gasteiger charge is 2.31. The van der Waals surface area contributed by atoms with E-state index in [4.69, 9.17) is 5.11 Å². The van der Waals surface area contributed by atoms with E-state index in [1.807, 2.05) is 0 Å². The number of rotatable bonds is 4. The third-order valence-corrected chi connectivity index (χ3v) is 4.42. The summed E-state index contributed by atoms with van der Waals surface area (Å²) in [5.41, 5.74) is 0.618. The minimum atomic E-state index is -0.990. The van der Waals surface area contributed by atoms with Gasteiger partial charge in [-0.25, -0.2) is 4.79 Å². The van der Waals surface area contributed by atoms with Gasteiger partial charge in [-0.2, -0.15) is 0 Å². The molecular formula is C17H23NO3. The Bertz CT molecular complexity index is 531. The SMILES string of the molecule is CC1CCC(C)(NC(=O)Cc2ccccc2C(=O)O)CC1. The molecule has 0 heterocycles. The lowest BCUT2D eigenvalue weighted by atomic mass is 9.78. The number of amides is 1. The summed E-state index contributed by atoms with van der Waals surface area (Å²) in [5.74, 6) is -0.362. The third kappa shape index (κ3) is 4.06. The Morgan fingerprint density at radius 2 is 1.90 bits per heavy atom. The molecule has 114 valence electrons. The summed E-state index contributed by atoms with van der Waals surface area (Å²) in [6.07, 6.45) is 4.35. The van der Waals surface area contributed by atoms with Crippen molar-refractivity contribution < 1.29 is 14.7 Å². The van der Waals surface area contributed by atoms with Crippen LogP contribution in [0, 0.1) is 5.92 Å². The number of carboxylic acid groups (broad SMARTS) is 1. The van der Waals surface area contributed by atoms with E-state index in [1.54, 1.807) is 18.2 Å². The average Bonchev–Trinajstić information content (AvgIpc) is 2.42. The lowest BCUT2D eigenvalue weighted by molar-refractivity contribution is -0.122. The van der Waals surface area contributed by atoms with Crippen LogP contribution in [-0.2, 0) is 11.2 Å². The van der Waals surface area contributed by atoms with Gasteiger partial charge in [0.2, 0.25) is 5.91 Å². The Balaban J connectivity index is 2.01. The Labute approximate surface area is 125 Å². The molecular weight excluding hydrogens is 266 g/mol. The first kappa shape index (κ1) is 15.5. The van der Waals surface area contributed by atoms with Gasteiger partial charge in [0, 0.05) is 5.54 Å². The van der Waals surface area contributed by atoms with Gasteiger partial charge in [-0.3, -0.25) is 4.79 Å². The summed E-state index contributed by atoms with van der Waals surface area (Å²) in [5, 5.41) is 12.2. The first-order chi connectivity index (χ1) is 9.89. The van der Waals surface area contributed by atoms with Crippen LogP contribution in [0.1, 0.15) is 55.5 Å². The lowest BCUT2D eigenvalue weighted by Gasteiger charge is -2.37. The normalized spacial score (nSPS) is 25.3. The molecule has 4 nitrogen and oxygen atoms in total. The Morgan fingerprint density at radius 1 is 1.29 bits per heavy atom. The molecule has 0 saturated heterocycles. The molecule has 2 N–H and O–H groups in total. The summed E-state index contributed by atoms with van der Waals surface area (Å²) in [4.78, 5) is 23.4. The molecule has 1 saturated carbocycles. The standard InChI is InChI=1S/C17H23NO3/c1-12-7-9-17(2,10-8-12)18-15(19)11-13-5-3-4-6-14(13)16(20)21/h3-6,12H,7-11H2,1-2H3,(H,18,19)(H,20,21). The van der Waals surface area contributed by atoms with E-state index in [1.165, 1.54) is 6.07 Å². The van der Waals surface area contributed by atoms with E-state index in [9.17, 15) is 9.59 Å². The van der Waals surface area contributed by atoms with Crippen molar-refractivity contribution in [1.82, 2.24) is 5.32 Å². The van der Waals surface area contributed by atoms with E-state index in [0.29, 0.717) is 5.56 Å². The number of carbonyl (C=O) groups excluding carboxylic acids is 1. The molecule has 0 radical (unpaired) electrons. The van der Waals surface area contributed by atoms with Gasteiger partial charge in [0.15, 0.2) is 0 Å². The molecule has 0 aromatic heterocycles. The molecule has 1 aliphatic rings. The zero-order valence-electron chi connectivity index (χ0n) is 12.7. The minimum absolute atomic E-state index is 0.0965. The predicted molar refractivity (Wildman–Crippen MR) is 81.3 cm³/mol. The quantitative estimate of drug-likeness (QED) is 0.895. The molecule has 1 aromatic carbocycles. The van der Waals surface area contributed by atoms with Gasteiger partial charge in [-0.15, -0.1) is 0 Å². The van der Waals surface area contributed by atoms with E-state index in [2.05, 4.69) is 19.2 Å². The number of hydrogen-bond acceptors (Lipinski definition) is 2. The zero-order valence-corrected chi connectivity index (χ0v) is 12.7. The van der Waals surface area contributed by atoms with Gasteiger partial charge in [-0.05, 0) is 50.2 Å². The fourth-order valence-electron chi connectivity index (χ4n) is 2.96. The summed E-state index contributed by atoms with van der Waals surface area (Å²) in [6.45, 7) is 4.32. The average molecular weight is 289 g/mol. The number of carbonyl (C=O) groups is 2. The predicted octanol–water partition coefficient (Wildman–Crippen LogP) is 3.01. The largest absolute Gasteiger partial charge is 0.478 e. The van der Waals surface area contributed by atoms with Gasteiger partial charge in [0.05, 0.1) is 12.0 Å². The summed E-state index contributed by atoms with van der Waals surface area (Å²) >= 11 is 0. The van der Waals surface area contributed by atoms with Gasteiger partial charge in [0.1, 0.15) is 0 Å². The molecule has 1 amide bonds. The highest BCUT2D eigenvalue weighted by Crippen LogP contribution is 2.31. The maximum Gasteiger partial charge on any atom is 0.335 e. The molecule has 0 aliphatic heterocycles. The molecule has 21 heavy (non-hydrogen) atoms. The number of hydrogen-bond donors (Lipinski definition) is 2. The van der Waals surface area contributed by atoms with Crippen molar-refractivity contribution in [1.29, 1.82) is 0 Å². The maximum atomic E-state index is 12.2. The molecule has 0 spiro atoms. The molecule has 1 aromatic rings. The van der Waals surface area contributed by atoms with E-state index in [-0.39, 0.29) is 23.4 Å². The third-order valence-electron chi connectivity index (χ3n) is 4.42. The molecule has 4 heteroatoms. The molecule has 0 bridgehead atoms. The van der Waals surface area contributed by atoms with Crippen molar-refractivity contribution in [2.45, 2.75) is 51.5 Å². The van der Waals surface area contributed by atoms with Crippen molar-refractivity contribution in [3.8, 4) is 0 Å². The van der Waals surface area contributed by atoms with Crippen molar-refractivity contribution in [2.24, 2.45) is 5.92 Å². The highest BCUT2D eigenvalue weighted by molar-refractivity contribution is 5.91. The van der Waals surface area contributed by atoms with Gasteiger partial charge < -0.3 is 10.4 Å². The van der Waals surface area contributed by atoms with Crippen LogP contribution in [0.3, 0.4) is 0 Å². The number of nitrogens with one attached hydrogen (secondary N) is 1. The van der Waals surface area contributed by atoms with Crippen molar-refractivity contribution in [3.63, 3.8) is 0 Å². The van der Waals surface area contributed by atoms with Crippen LogP contribution >= 0.6 is 0 Å². The minimum Gasteiger partial charge on any atom is -0.478 e. The molecule has 2 rings (SSSR count). The van der Waals surface area contributed by atoms with E-state index >= 15 is 0 Å². The number of benzene rings is 1. The Hall–Kier alpha value is -1.84. The second kappa shape index (κ2) is 6.29. The number of aromatic carboxylic acids is 1. The summed E-state index contributed by atoms with van der Waals surface area (Å²) < 4.78 is 0. The number of carboxylic acids is 1. The van der Waals surface area contributed by atoms with Crippen LogP contribution in [0.15, 0.2) is 24.3 Å². The second-order valence-electron chi connectivity index (χ2n) is 6.43. The van der Waals surface area contributed by atoms with Gasteiger partial charge >= 0.3 is 5.97 Å². The molecule has 1 fully saturated rings. The lowest BCUT2D eigenvalue weighted by Crippen LogP contribution is -2.48. The van der Waals surface area contributed by atoms with Crippen LogP contribution in [0.5, 0.6) is 0 Å². The van der Waals surface area contributed by atoms with Crippen LogP contribution < -0.4 is 5.32 Å². The first-order valence-corrected chi connectivity index (χ1v) is 7.52. The van der Waals surface area contributed by atoms with Crippen molar-refractivity contribution >= 4 is 11.9 Å². The molecule has 1 aliphatic carbocycles. The van der Waals surface area contributed by atoms with Crippen molar-refractivity contribution in [2.75, 3.05) is 0 Å². The van der Waals surface area contributed by atoms with E-state index in [0.717, 1.165) is 31.6 Å². The first-order valence-electron chi connectivity index (χ1n) is 7.52. The van der Waals surface area contributed by atoms with Gasteiger partial charge in [0.25, 0.3) is 0 Å². The van der Waals surface area contributed by atoms with Crippen LogP contribution in [0.4, 0.5) is 0 Å². The topological polar surface area (TPSA) is 66.4 Å². The smallest absolute Gasteiger partial charge is 0.335 e. The Morgan fingerprint density at radius 3 is 2.52 bits per heavy atom. The van der Waals surface area contributed by atoms with Crippen molar-refractivity contribution in [3.05, 3.63) is 35.4 Å². The summed E-state index contributed by atoms with van der Waals surface area (Å²) in [6, 6.07) is 6.68. The fraction of sp³-hybridized carbons (Fsp3) is 0.529. The fourth-order valence-corrected chi connectivity index (χ4v) is 2.96. The van der Waals surface area contributed by atoms with Gasteiger partial charge in [-0.1, -0.05) is 25.1 Å². The maximum absolute atomic E-state index is 12.2. The zero-order chi connectivity index (χ0) is 15.5.